The molecule has 0 rings (SSSR count). The Morgan fingerprint density at radius 3 is 2.75 bits per heavy atom. The Kier molecular flexibility index (Phi) is 3.48. The van der Waals surface area contributed by atoms with E-state index in [0.717, 1.165) is 0 Å². The van der Waals surface area contributed by atoms with E-state index in [1.54, 1.807) is 6.92 Å². The van der Waals surface area contributed by atoms with Crippen LogP contribution < -0.4 is 5.73 Å². The molecule has 0 radical (unpaired) electrons. The van der Waals surface area contributed by atoms with Gasteiger partial charge in [0.25, 0.3) is 0 Å². The molecule has 3 nitrogen and oxygen atoms in total. The van der Waals surface area contributed by atoms with Gasteiger partial charge in [-0.25, -0.2) is 0 Å². The van der Waals surface area contributed by atoms with Gasteiger partial charge in [0, 0.05) is 6.21 Å². The summed E-state index contributed by atoms with van der Waals surface area (Å²) in [4.78, 5) is 0. The number of amidine groups is 1. The molecular formula is C5H9N3. The smallest absolute Gasteiger partial charge is 0.119 e. The summed E-state index contributed by atoms with van der Waals surface area (Å²) < 4.78 is 0. The zero-order valence-electron chi connectivity index (χ0n) is 4.83. The molecule has 3 heteroatoms. The number of allylic oxidation sites excluding steroid dienone is 1. The van der Waals surface area contributed by atoms with Gasteiger partial charge in [-0.05, 0) is 13.0 Å². The van der Waals surface area contributed by atoms with Crippen LogP contribution >= 0.6 is 0 Å². The lowest BCUT2D eigenvalue weighted by Crippen LogP contribution is -2.03. The summed E-state index contributed by atoms with van der Waals surface area (Å²) >= 11 is 0. The predicted molar refractivity (Wildman–Crippen MR) is 36.0 cm³/mol. The molecule has 2 N–H and O–H groups in total. The summed E-state index contributed by atoms with van der Waals surface area (Å²) in [5.74, 6) is 0.447. The van der Waals surface area contributed by atoms with Crippen LogP contribution in [0.15, 0.2) is 22.9 Å². The van der Waals surface area contributed by atoms with E-state index >= 15 is 0 Å². The van der Waals surface area contributed by atoms with Crippen LogP contribution in [0.4, 0.5) is 0 Å². The Morgan fingerprint density at radius 1 is 1.75 bits per heavy atom. The van der Waals surface area contributed by atoms with Gasteiger partial charge in [-0.1, -0.05) is 6.58 Å². The zero-order chi connectivity index (χ0) is 6.41. The van der Waals surface area contributed by atoms with Crippen molar-refractivity contribution in [3.05, 3.63) is 12.7 Å². The number of rotatable bonds is 2. The standard InChI is InChI=1S/C5H9N3/c1-3-4-7-8-5(2)6/h3-4H,1H2,2H3,(H2,6,8). The van der Waals surface area contributed by atoms with Crippen molar-refractivity contribution < 1.29 is 0 Å². The molecular weight excluding hydrogens is 102 g/mol. The highest BCUT2D eigenvalue weighted by molar-refractivity contribution is 5.78. The van der Waals surface area contributed by atoms with E-state index in [2.05, 4.69) is 16.8 Å². The van der Waals surface area contributed by atoms with E-state index in [0.29, 0.717) is 5.84 Å². The predicted octanol–water partition coefficient (Wildman–Crippen LogP) is 0.535. The highest BCUT2D eigenvalue weighted by Crippen LogP contribution is 1.68. The first-order valence-corrected chi connectivity index (χ1v) is 2.21. The van der Waals surface area contributed by atoms with Gasteiger partial charge in [-0.2, -0.15) is 5.10 Å². The molecule has 0 atom stereocenters. The first-order valence-electron chi connectivity index (χ1n) is 2.21. The molecule has 8 heavy (non-hydrogen) atoms. The van der Waals surface area contributed by atoms with E-state index in [1.165, 1.54) is 12.3 Å². The Bertz CT molecular complexity index is 120. The van der Waals surface area contributed by atoms with Crippen LogP contribution in [0.3, 0.4) is 0 Å². The van der Waals surface area contributed by atoms with Gasteiger partial charge in [0.1, 0.15) is 5.84 Å². The molecule has 0 aromatic heterocycles. The van der Waals surface area contributed by atoms with E-state index in [4.69, 9.17) is 5.73 Å². The lowest BCUT2D eigenvalue weighted by atomic mass is 10.7. The summed E-state index contributed by atoms with van der Waals surface area (Å²) in [5.41, 5.74) is 5.14. The topological polar surface area (TPSA) is 50.7 Å². The number of hydrogen-bond donors (Lipinski definition) is 1. The zero-order valence-corrected chi connectivity index (χ0v) is 4.83. The van der Waals surface area contributed by atoms with Gasteiger partial charge < -0.3 is 5.73 Å². The fraction of sp³-hybridized carbons (Fsp3) is 0.200. The molecule has 0 bridgehead atoms. The van der Waals surface area contributed by atoms with Crippen LogP contribution in [-0.2, 0) is 0 Å². The van der Waals surface area contributed by atoms with Crippen LogP contribution in [0, 0.1) is 0 Å². The number of hydrogen-bond acceptors (Lipinski definition) is 2. The lowest BCUT2D eigenvalue weighted by Gasteiger charge is -1.78. The summed E-state index contributed by atoms with van der Waals surface area (Å²) in [6.45, 7) is 5.07. The first kappa shape index (κ1) is 6.88. The third-order valence-corrected chi connectivity index (χ3v) is 0.388. The Hall–Kier alpha value is -1.12. The Labute approximate surface area is 48.6 Å². The number of nitrogens with two attached hydrogens (primary N) is 1. The average molecular weight is 111 g/mol. The van der Waals surface area contributed by atoms with E-state index in [1.807, 2.05) is 0 Å². The van der Waals surface area contributed by atoms with Crippen LogP contribution in [-0.4, -0.2) is 12.1 Å². The highest BCUT2D eigenvalue weighted by atomic mass is 15.2. The van der Waals surface area contributed by atoms with Crippen molar-refractivity contribution in [1.29, 1.82) is 0 Å². The van der Waals surface area contributed by atoms with E-state index in [-0.39, 0.29) is 0 Å². The van der Waals surface area contributed by atoms with Gasteiger partial charge in [0.2, 0.25) is 0 Å². The van der Waals surface area contributed by atoms with E-state index in [9.17, 15) is 0 Å². The fourth-order valence-corrected chi connectivity index (χ4v) is 0.172. The van der Waals surface area contributed by atoms with Gasteiger partial charge >= 0.3 is 0 Å². The molecule has 0 aliphatic rings. The quantitative estimate of drug-likeness (QED) is 0.315. The normalized spacial score (nSPS) is 12.4. The number of nitrogens with zero attached hydrogens (tertiary/aromatic N) is 2. The highest BCUT2D eigenvalue weighted by Gasteiger charge is 1.68. The molecule has 0 saturated heterocycles. The second-order valence-electron chi connectivity index (χ2n) is 1.24. The Balaban J connectivity index is 3.57. The van der Waals surface area contributed by atoms with Crippen molar-refractivity contribution in [1.82, 2.24) is 0 Å². The third-order valence-electron chi connectivity index (χ3n) is 0.388. The van der Waals surface area contributed by atoms with Crippen LogP contribution in [0.1, 0.15) is 6.92 Å². The molecule has 0 aromatic rings. The molecule has 0 aliphatic heterocycles. The van der Waals surface area contributed by atoms with Crippen molar-refractivity contribution in [3.8, 4) is 0 Å². The summed E-state index contributed by atoms with van der Waals surface area (Å²) in [6.07, 6.45) is 3.00. The van der Waals surface area contributed by atoms with Crippen LogP contribution in [0.5, 0.6) is 0 Å². The molecule has 0 aliphatic carbocycles. The summed E-state index contributed by atoms with van der Waals surface area (Å²) in [7, 11) is 0. The molecule has 0 amide bonds. The second-order valence-corrected chi connectivity index (χ2v) is 1.24. The summed E-state index contributed by atoms with van der Waals surface area (Å²) in [5, 5.41) is 7.02. The third kappa shape index (κ3) is 4.88. The van der Waals surface area contributed by atoms with Crippen molar-refractivity contribution in [3.63, 3.8) is 0 Å². The van der Waals surface area contributed by atoms with Crippen LogP contribution in [0.2, 0.25) is 0 Å². The minimum Gasteiger partial charge on any atom is -0.386 e. The first-order chi connectivity index (χ1) is 3.77. The maximum atomic E-state index is 5.14. The van der Waals surface area contributed by atoms with Crippen LogP contribution in [0.25, 0.3) is 0 Å². The minimum absolute atomic E-state index is 0.447. The second kappa shape index (κ2) is 4.05. The largest absolute Gasteiger partial charge is 0.386 e. The van der Waals surface area contributed by atoms with E-state index < -0.39 is 0 Å². The summed E-state index contributed by atoms with van der Waals surface area (Å²) in [6, 6.07) is 0. The molecule has 0 heterocycles. The lowest BCUT2D eigenvalue weighted by molar-refractivity contribution is 1.23. The molecule has 0 saturated carbocycles. The van der Waals surface area contributed by atoms with Gasteiger partial charge in [0.15, 0.2) is 0 Å². The van der Waals surface area contributed by atoms with Gasteiger partial charge in [-0.3, -0.25) is 0 Å². The SMILES string of the molecule is C=CC=NN=C(C)N. The Morgan fingerprint density at radius 2 is 2.38 bits per heavy atom. The molecule has 0 spiro atoms. The maximum Gasteiger partial charge on any atom is 0.119 e. The average Bonchev–Trinajstić information content (AvgIpc) is 1.66. The van der Waals surface area contributed by atoms with Crippen molar-refractivity contribution in [2.75, 3.05) is 0 Å². The molecule has 44 valence electrons. The van der Waals surface area contributed by atoms with Crippen molar-refractivity contribution in [2.45, 2.75) is 6.92 Å². The molecule has 0 unspecified atom stereocenters. The van der Waals surface area contributed by atoms with Crippen molar-refractivity contribution in [2.24, 2.45) is 15.9 Å². The monoisotopic (exact) mass is 111 g/mol. The van der Waals surface area contributed by atoms with Crippen molar-refractivity contribution >= 4 is 12.1 Å². The van der Waals surface area contributed by atoms with Gasteiger partial charge in [-0.15, -0.1) is 5.10 Å². The molecule has 0 fully saturated rings. The minimum atomic E-state index is 0.447. The molecule has 0 aromatic carbocycles. The maximum absolute atomic E-state index is 5.14. The fourth-order valence-electron chi connectivity index (χ4n) is 0.172. The van der Waals surface area contributed by atoms with Gasteiger partial charge in [0.05, 0.1) is 0 Å².